The molecule has 31 heavy (non-hydrogen) atoms. The first-order valence-corrected chi connectivity index (χ1v) is 11.2. The van der Waals surface area contributed by atoms with Gasteiger partial charge in [-0.25, -0.2) is 4.98 Å². The monoisotopic (exact) mass is 449 g/mol. The van der Waals surface area contributed by atoms with E-state index in [0.717, 1.165) is 52.0 Å². The zero-order valence-electron chi connectivity index (χ0n) is 16.9. The van der Waals surface area contributed by atoms with Crippen molar-refractivity contribution in [1.82, 2.24) is 4.98 Å². The van der Waals surface area contributed by atoms with Gasteiger partial charge in [0, 0.05) is 21.8 Å². The molecule has 0 bridgehead atoms. The summed E-state index contributed by atoms with van der Waals surface area (Å²) in [7, 11) is 1.65. The van der Waals surface area contributed by atoms with E-state index in [1.165, 1.54) is 16.9 Å². The van der Waals surface area contributed by atoms with Crippen LogP contribution in [-0.2, 0) is 12.8 Å². The summed E-state index contributed by atoms with van der Waals surface area (Å²) >= 11 is 7.28. The van der Waals surface area contributed by atoms with Crippen LogP contribution >= 0.6 is 22.9 Å². The summed E-state index contributed by atoms with van der Waals surface area (Å²) in [6.07, 6.45) is 2.98. The van der Waals surface area contributed by atoms with E-state index in [0.29, 0.717) is 21.3 Å². The minimum atomic E-state index is -0.247. The Balaban J connectivity index is 1.63. The predicted octanol–water partition coefficient (Wildman–Crippen LogP) is 5.95. The van der Waals surface area contributed by atoms with Crippen molar-refractivity contribution in [2.75, 3.05) is 18.2 Å². The molecule has 156 valence electrons. The number of fused-ring (bicyclic) bond motifs is 2. The number of halogens is 1. The van der Waals surface area contributed by atoms with Crippen molar-refractivity contribution in [3.63, 3.8) is 0 Å². The molecule has 0 spiro atoms. The number of nitrogens with zero attached hydrogens (tertiary/aromatic N) is 1. The summed E-state index contributed by atoms with van der Waals surface area (Å²) in [5, 5.41) is 4.38. The SMILES string of the molecule is COc1ccc(-c2c3c(nc4sc(C(=O)Nc5ccc(Cl)cc5)c(N)c24)CCC3)cc1. The Morgan fingerprint density at radius 3 is 2.58 bits per heavy atom. The standard InChI is InChI=1S/C24H20ClN3O2S/c1-30-16-11-5-13(6-12-16)19-17-3-2-4-18(17)28-24-20(19)21(26)22(31-24)23(29)27-15-9-7-14(25)8-10-15/h5-12H,2-4,26H2,1H3,(H,27,29). The van der Waals surface area contributed by atoms with Crippen LogP contribution in [0.4, 0.5) is 11.4 Å². The lowest BCUT2D eigenvalue weighted by atomic mass is 9.95. The zero-order chi connectivity index (χ0) is 21.5. The maximum atomic E-state index is 13.0. The molecule has 1 amide bonds. The molecule has 7 heteroatoms. The smallest absolute Gasteiger partial charge is 0.267 e. The first-order valence-electron chi connectivity index (χ1n) is 10.00. The summed E-state index contributed by atoms with van der Waals surface area (Å²) < 4.78 is 5.31. The second-order valence-corrected chi connectivity index (χ2v) is 8.92. The van der Waals surface area contributed by atoms with E-state index < -0.39 is 0 Å². The zero-order valence-corrected chi connectivity index (χ0v) is 18.4. The average molecular weight is 450 g/mol. The van der Waals surface area contributed by atoms with Gasteiger partial charge in [-0.15, -0.1) is 11.3 Å². The van der Waals surface area contributed by atoms with Crippen LogP contribution in [0, 0.1) is 0 Å². The van der Waals surface area contributed by atoms with Gasteiger partial charge in [0.15, 0.2) is 0 Å². The summed E-state index contributed by atoms with van der Waals surface area (Å²) in [5.41, 5.74) is 12.2. The number of carbonyl (C=O) groups excluding carboxylic acids is 1. The Morgan fingerprint density at radius 2 is 1.87 bits per heavy atom. The van der Waals surface area contributed by atoms with Gasteiger partial charge in [-0.05, 0) is 72.4 Å². The second-order valence-electron chi connectivity index (χ2n) is 7.48. The van der Waals surface area contributed by atoms with E-state index in [1.54, 1.807) is 31.4 Å². The molecular formula is C24H20ClN3O2S. The van der Waals surface area contributed by atoms with Crippen molar-refractivity contribution < 1.29 is 9.53 Å². The topological polar surface area (TPSA) is 77.2 Å². The lowest BCUT2D eigenvalue weighted by molar-refractivity contribution is 0.103. The maximum absolute atomic E-state index is 13.0. The number of benzene rings is 2. The summed E-state index contributed by atoms with van der Waals surface area (Å²) in [4.78, 5) is 19.2. The largest absolute Gasteiger partial charge is 0.497 e. The van der Waals surface area contributed by atoms with Gasteiger partial charge in [-0.2, -0.15) is 0 Å². The number of rotatable bonds is 4. The predicted molar refractivity (Wildman–Crippen MR) is 127 cm³/mol. The lowest BCUT2D eigenvalue weighted by Crippen LogP contribution is -2.11. The third-order valence-corrected chi connectivity index (χ3v) is 6.94. The fourth-order valence-electron chi connectivity index (χ4n) is 4.11. The third kappa shape index (κ3) is 3.52. The highest BCUT2D eigenvalue weighted by atomic mass is 35.5. The van der Waals surface area contributed by atoms with Gasteiger partial charge in [-0.1, -0.05) is 23.7 Å². The molecule has 0 unspecified atom stereocenters. The molecule has 2 aromatic carbocycles. The molecule has 5 nitrogen and oxygen atoms in total. The van der Waals surface area contributed by atoms with Crippen LogP contribution < -0.4 is 15.8 Å². The molecule has 2 heterocycles. The number of nitrogens with two attached hydrogens (primary N) is 1. The average Bonchev–Trinajstić information content (AvgIpc) is 3.38. The van der Waals surface area contributed by atoms with Gasteiger partial charge < -0.3 is 15.8 Å². The van der Waals surface area contributed by atoms with E-state index in [2.05, 4.69) is 5.32 Å². The van der Waals surface area contributed by atoms with Gasteiger partial charge in [0.1, 0.15) is 15.5 Å². The molecule has 0 radical (unpaired) electrons. The van der Waals surface area contributed by atoms with Crippen molar-refractivity contribution in [3.8, 4) is 16.9 Å². The maximum Gasteiger partial charge on any atom is 0.267 e. The Hall–Kier alpha value is -3.09. The fourth-order valence-corrected chi connectivity index (χ4v) is 5.26. The highest BCUT2D eigenvalue weighted by Crippen LogP contribution is 2.44. The number of hydrogen-bond acceptors (Lipinski definition) is 5. The van der Waals surface area contributed by atoms with Crippen molar-refractivity contribution >= 4 is 50.4 Å². The van der Waals surface area contributed by atoms with Gasteiger partial charge >= 0.3 is 0 Å². The van der Waals surface area contributed by atoms with Gasteiger partial charge in [0.2, 0.25) is 0 Å². The number of hydrogen-bond donors (Lipinski definition) is 2. The molecule has 3 N–H and O–H groups in total. The number of aromatic nitrogens is 1. The number of pyridine rings is 1. The first-order chi connectivity index (χ1) is 15.0. The van der Waals surface area contributed by atoms with Crippen molar-refractivity contribution in [2.45, 2.75) is 19.3 Å². The van der Waals surface area contributed by atoms with E-state index in [4.69, 9.17) is 27.1 Å². The van der Waals surface area contributed by atoms with Crippen molar-refractivity contribution in [3.05, 3.63) is 69.7 Å². The number of amides is 1. The fraction of sp³-hybridized carbons (Fsp3) is 0.167. The second kappa shape index (κ2) is 7.87. The number of methoxy groups -OCH3 is 1. The highest BCUT2D eigenvalue weighted by Gasteiger charge is 2.26. The molecule has 2 aromatic heterocycles. The van der Waals surface area contributed by atoms with Crippen LogP contribution in [0.2, 0.25) is 5.02 Å². The molecule has 4 aromatic rings. The summed E-state index contributed by atoms with van der Waals surface area (Å²) in [5.74, 6) is 0.552. The first kappa shape index (κ1) is 19.8. The van der Waals surface area contributed by atoms with Gasteiger partial charge in [-0.3, -0.25) is 4.79 Å². The molecule has 5 rings (SSSR count). The molecule has 0 atom stereocenters. The lowest BCUT2D eigenvalue weighted by Gasteiger charge is -2.12. The van der Waals surface area contributed by atoms with E-state index in [9.17, 15) is 4.79 Å². The number of aryl methyl sites for hydroxylation is 1. The molecular weight excluding hydrogens is 430 g/mol. The van der Waals surface area contributed by atoms with Crippen LogP contribution in [0.5, 0.6) is 5.75 Å². The summed E-state index contributed by atoms with van der Waals surface area (Å²) in [6, 6.07) is 15.0. The Morgan fingerprint density at radius 1 is 1.13 bits per heavy atom. The number of nitrogen functional groups attached to an aromatic ring is 1. The van der Waals surface area contributed by atoms with E-state index >= 15 is 0 Å². The van der Waals surface area contributed by atoms with Crippen LogP contribution in [0.15, 0.2) is 48.5 Å². The molecule has 0 aliphatic heterocycles. The quantitative estimate of drug-likeness (QED) is 0.403. The highest BCUT2D eigenvalue weighted by molar-refractivity contribution is 7.21. The Kier molecular flexibility index (Phi) is 5.04. The van der Waals surface area contributed by atoms with Crippen LogP contribution in [-0.4, -0.2) is 18.0 Å². The third-order valence-electron chi connectivity index (χ3n) is 5.59. The van der Waals surface area contributed by atoms with Crippen LogP contribution in [0.3, 0.4) is 0 Å². The number of thiophene rings is 1. The number of carbonyl (C=O) groups is 1. The number of ether oxygens (including phenoxy) is 1. The molecule has 0 saturated carbocycles. The molecule has 0 fully saturated rings. The minimum absolute atomic E-state index is 0.247. The number of anilines is 2. The Labute approximate surface area is 188 Å². The van der Waals surface area contributed by atoms with Crippen molar-refractivity contribution in [2.24, 2.45) is 0 Å². The van der Waals surface area contributed by atoms with Crippen molar-refractivity contribution in [1.29, 1.82) is 0 Å². The molecule has 0 saturated heterocycles. The van der Waals surface area contributed by atoms with Gasteiger partial charge in [0.05, 0.1) is 12.8 Å². The molecule has 1 aliphatic carbocycles. The Bertz CT molecular complexity index is 1300. The van der Waals surface area contributed by atoms with E-state index in [1.807, 2.05) is 24.3 Å². The van der Waals surface area contributed by atoms with Gasteiger partial charge in [0.25, 0.3) is 5.91 Å². The van der Waals surface area contributed by atoms with Crippen LogP contribution in [0.1, 0.15) is 27.3 Å². The van der Waals surface area contributed by atoms with Crippen LogP contribution in [0.25, 0.3) is 21.3 Å². The molecule has 1 aliphatic rings. The number of nitrogens with one attached hydrogen (secondary N) is 1. The minimum Gasteiger partial charge on any atom is -0.497 e. The normalized spacial score (nSPS) is 12.7. The van der Waals surface area contributed by atoms with E-state index in [-0.39, 0.29) is 5.91 Å². The summed E-state index contributed by atoms with van der Waals surface area (Å²) in [6.45, 7) is 0.